The molecule has 0 aliphatic rings. The Morgan fingerprint density at radius 3 is 2.80 bits per heavy atom. The molecule has 0 unspecified atom stereocenters. The zero-order valence-corrected chi connectivity index (χ0v) is 8.52. The van der Waals surface area contributed by atoms with Gasteiger partial charge in [0.1, 0.15) is 17.8 Å². The van der Waals surface area contributed by atoms with E-state index >= 15 is 0 Å². The fourth-order valence-electron chi connectivity index (χ4n) is 1.44. The summed E-state index contributed by atoms with van der Waals surface area (Å²) in [4.78, 5) is 19.3. The number of benzene rings is 1. The first-order chi connectivity index (χ1) is 7.22. The van der Waals surface area contributed by atoms with Gasteiger partial charge >= 0.3 is 0 Å². The van der Waals surface area contributed by atoms with Crippen LogP contribution in [0.4, 0.5) is 0 Å². The van der Waals surface area contributed by atoms with Gasteiger partial charge in [0, 0.05) is 18.4 Å². The molecule has 0 saturated heterocycles. The van der Waals surface area contributed by atoms with Crippen molar-refractivity contribution < 1.29 is 9.53 Å². The molecule has 0 saturated carbocycles. The molecule has 0 aliphatic carbocycles. The van der Waals surface area contributed by atoms with Gasteiger partial charge in [-0.05, 0) is 12.1 Å². The predicted octanol–water partition coefficient (Wildman–Crippen LogP) is 1.84. The number of aromatic nitrogens is 2. The summed E-state index contributed by atoms with van der Waals surface area (Å²) < 4.78 is 5.08. The standard InChI is InChI=1S/C11H10N2O2/c1-7(14)11-9-4-3-8(15-2)5-10(9)12-6-13-11/h3-6H,1-2H3. The molecule has 0 radical (unpaired) electrons. The maximum absolute atomic E-state index is 11.3. The Labute approximate surface area is 86.9 Å². The number of methoxy groups -OCH3 is 1. The van der Waals surface area contributed by atoms with Gasteiger partial charge in [-0.15, -0.1) is 0 Å². The fourth-order valence-corrected chi connectivity index (χ4v) is 1.44. The summed E-state index contributed by atoms with van der Waals surface area (Å²) in [6.07, 6.45) is 1.39. The van der Waals surface area contributed by atoms with Gasteiger partial charge in [0.05, 0.1) is 12.6 Å². The minimum absolute atomic E-state index is 0.0624. The first-order valence-electron chi connectivity index (χ1n) is 4.52. The lowest BCUT2D eigenvalue weighted by Gasteiger charge is -2.03. The highest BCUT2D eigenvalue weighted by Crippen LogP contribution is 2.20. The first kappa shape index (κ1) is 9.58. The zero-order chi connectivity index (χ0) is 10.8. The molecule has 0 atom stereocenters. The number of carbonyl (C=O) groups is 1. The second-order valence-corrected chi connectivity index (χ2v) is 3.16. The first-order valence-corrected chi connectivity index (χ1v) is 4.52. The van der Waals surface area contributed by atoms with E-state index in [-0.39, 0.29) is 5.78 Å². The van der Waals surface area contributed by atoms with E-state index in [2.05, 4.69) is 9.97 Å². The quantitative estimate of drug-likeness (QED) is 0.697. The molecule has 0 fully saturated rings. The molecule has 1 aromatic carbocycles. The van der Waals surface area contributed by atoms with E-state index in [0.29, 0.717) is 5.69 Å². The molecular formula is C11H10N2O2. The van der Waals surface area contributed by atoms with E-state index in [1.807, 2.05) is 0 Å². The van der Waals surface area contributed by atoms with Gasteiger partial charge in [0.15, 0.2) is 5.78 Å². The summed E-state index contributed by atoms with van der Waals surface area (Å²) >= 11 is 0. The van der Waals surface area contributed by atoms with Crippen LogP contribution >= 0.6 is 0 Å². The lowest BCUT2D eigenvalue weighted by Crippen LogP contribution is -1.99. The van der Waals surface area contributed by atoms with Gasteiger partial charge < -0.3 is 4.74 Å². The monoisotopic (exact) mass is 202 g/mol. The summed E-state index contributed by atoms with van der Waals surface area (Å²) in [7, 11) is 1.59. The Balaban J connectivity index is 2.72. The Bertz CT molecular complexity index is 523. The summed E-state index contributed by atoms with van der Waals surface area (Å²) in [5.41, 5.74) is 1.16. The molecular weight excluding hydrogens is 192 g/mol. The molecule has 0 aliphatic heterocycles. The van der Waals surface area contributed by atoms with Crippen LogP contribution in [0, 0.1) is 0 Å². The van der Waals surface area contributed by atoms with E-state index < -0.39 is 0 Å². The van der Waals surface area contributed by atoms with Crippen molar-refractivity contribution in [3.05, 3.63) is 30.2 Å². The highest BCUT2D eigenvalue weighted by Gasteiger charge is 2.08. The molecule has 0 spiro atoms. The summed E-state index contributed by atoms with van der Waals surface area (Å²) in [5, 5.41) is 0.755. The molecule has 0 bridgehead atoms. The Morgan fingerprint density at radius 2 is 2.13 bits per heavy atom. The zero-order valence-electron chi connectivity index (χ0n) is 8.52. The third-order valence-corrected chi connectivity index (χ3v) is 2.18. The SMILES string of the molecule is COc1ccc2c(C(C)=O)ncnc2c1. The topological polar surface area (TPSA) is 52.1 Å². The van der Waals surface area contributed by atoms with E-state index in [9.17, 15) is 4.79 Å². The third kappa shape index (κ3) is 1.66. The second kappa shape index (κ2) is 3.65. The predicted molar refractivity (Wildman–Crippen MR) is 56.1 cm³/mol. The van der Waals surface area contributed by atoms with Crippen molar-refractivity contribution in [2.75, 3.05) is 7.11 Å². The number of rotatable bonds is 2. The number of nitrogens with zero attached hydrogens (tertiary/aromatic N) is 2. The summed E-state index contributed by atoms with van der Waals surface area (Å²) in [6.45, 7) is 1.49. The van der Waals surface area contributed by atoms with Crippen molar-refractivity contribution in [1.29, 1.82) is 0 Å². The van der Waals surface area contributed by atoms with E-state index in [0.717, 1.165) is 16.7 Å². The molecule has 1 heterocycles. The number of ether oxygens (including phenoxy) is 1. The molecule has 4 nitrogen and oxygen atoms in total. The van der Waals surface area contributed by atoms with Crippen LogP contribution < -0.4 is 4.74 Å². The van der Waals surface area contributed by atoms with Crippen LogP contribution in [0.2, 0.25) is 0 Å². The third-order valence-electron chi connectivity index (χ3n) is 2.18. The van der Waals surface area contributed by atoms with Crippen LogP contribution in [-0.4, -0.2) is 22.9 Å². The maximum atomic E-state index is 11.3. The van der Waals surface area contributed by atoms with E-state index in [1.54, 1.807) is 25.3 Å². The largest absolute Gasteiger partial charge is 0.497 e. The van der Waals surface area contributed by atoms with Crippen molar-refractivity contribution in [3.63, 3.8) is 0 Å². The molecule has 4 heteroatoms. The lowest BCUT2D eigenvalue weighted by atomic mass is 10.1. The number of Topliss-reactive ketones (excluding diaryl/α,β-unsaturated/α-hetero) is 1. The Hall–Kier alpha value is -1.97. The maximum Gasteiger partial charge on any atom is 0.178 e. The molecule has 0 N–H and O–H groups in total. The average molecular weight is 202 g/mol. The number of fused-ring (bicyclic) bond motifs is 1. The van der Waals surface area contributed by atoms with Gasteiger partial charge in [-0.25, -0.2) is 9.97 Å². The average Bonchev–Trinajstić information content (AvgIpc) is 2.27. The highest BCUT2D eigenvalue weighted by atomic mass is 16.5. The number of hydrogen-bond acceptors (Lipinski definition) is 4. The van der Waals surface area contributed by atoms with Crippen LogP contribution in [0.15, 0.2) is 24.5 Å². The van der Waals surface area contributed by atoms with Crippen molar-refractivity contribution in [1.82, 2.24) is 9.97 Å². The molecule has 76 valence electrons. The fraction of sp³-hybridized carbons (Fsp3) is 0.182. The van der Waals surface area contributed by atoms with Gasteiger partial charge in [-0.1, -0.05) is 0 Å². The van der Waals surface area contributed by atoms with Gasteiger partial charge in [0.25, 0.3) is 0 Å². The van der Waals surface area contributed by atoms with Crippen molar-refractivity contribution in [2.45, 2.75) is 6.92 Å². The van der Waals surface area contributed by atoms with E-state index in [1.165, 1.54) is 13.3 Å². The van der Waals surface area contributed by atoms with Crippen molar-refractivity contribution in [2.24, 2.45) is 0 Å². The summed E-state index contributed by atoms with van der Waals surface area (Å²) in [6, 6.07) is 5.37. The minimum Gasteiger partial charge on any atom is -0.497 e. The molecule has 1 aromatic heterocycles. The Morgan fingerprint density at radius 1 is 1.33 bits per heavy atom. The second-order valence-electron chi connectivity index (χ2n) is 3.16. The highest BCUT2D eigenvalue weighted by molar-refractivity contribution is 6.04. The van der Waals surface area contributed by atoms with E-state index in [4.69, 9.17) is 4.74 Å². The van der Waals surface area contributed by atoms with Crippen LogP contribution in [0.3, 0.4) is 0 Å². The van der Waals surface area contributed by atoms with Crippen molar-refractivity contribution in [3.8, 4) is 5.75 Å². The van der Waals surface area contributed by atoms with Crippen LogP contribution in [0.25, 0.3) is 10.9 Å². The van der Waals surface area contributed by atoms with Crippen LogP contribution in [0.5, 0.6) is 5.75 Å². The smallest absolute Gasteiger partial charge is 0.178 e. The number of carbonyl (C=O) groups excluding carboxylic acids is 1. The number of hydrogen-bond donors (Lipinski definition) is 0. The summed E-state index contributed by atoms with van der Waals surface area (Å²) in [5.74, 6) is 0.656. The van der Waals surface area contributed by atoms with Gasteiger partial charge in [0.2, 0.25) is 0 Å². The molecule has 15 heavy (non-hydrogen) atoms. The van der Waals surface area contributed by atoms with Gasteiger partial charge in [-0.3, -0.25) is 4.79 Å². The normalized spacial score (nSPS) is 10.3. The number of ketones is 1. The molecule has 2 rings (SSSR count). The molecule has 2 aromatic rings. The van der Waals surface area contributed by atoms with Crippen LogP contribution in [-0.2, 0) is 0 Å². The van der Waals surface area contributed by atoms with Gasteiger partial charge in [-0.2, -0.15) is 0 Å². The minimum atomic E-state index is -0.0624. The molecule has 0 amide bonds. The van der Waals surface area contributed by atoms with Crippen LogP contribution in [0.1, 0.15) is 17.4 Å². The lowest BCUT2D eigenvalue weighted by molar-refractivity contribution is 0.101. The van der Waals surface area contributed by atoms with Crippen molar-refractivity contribution >= 4 is 16.7 Å². The Kier molecular flexibility index (Phi) is 2.33.